The molecule has 0 aromatic rings. The predicted octanol–water partition coefficient (Wildman–Crippen LogP) is 3.05. The van der Waals surface area contributed by atoms with Crippen molar-refractivity contribution in [2.75, 3.05) is 19.6 Å². The minimum absolute atomic E-state index is 0.912. The molecule has 3 atom stereocenters. The molecule has 14 heavy (non-hydrogen) atoms. The summed E-state index contributed by atoms with van der Waals surface area (Å²) >= 11 is 0. The Kier molecular flexibility index (Phi) is 2.88. The molecule has 82 valence electrons. The Labute approximate surface area is 89.1 Å². The highest BCUT2D eigenvalue weighted by Crippen LogP contribution is 2.36. The summed E-state index contributed by atoms with van der Waals surface area (Å²) in [5, 5.41) is 0. The van der Waals surface area contributed by atoms with Crippen LogP contribution in [0.3, 0.4) is 0 Å². The molecule has 3 unspecified atom stereocenters. The average Bonchev–Trinajstić information content (AvgIpc) is 2.61. The zero-order chi connectivity index (χ0) is 10.2. The topological polar surface area (TPSA) is 0 Å². The monoisotopic (exact) mass is 196 g/mol. The maximum absolute atomic E-state index is 2.51. The van der Waals surface area contributed by atoms with Gasteiger partial charge in [-0.15, -0.1) is 0 Å². The van der Waals surface area contributed by atoms with E-state index >= 15 is 0 Å². The van der Waals surface area contributed by atoms with Crippen molar-refractivity contribution in [1.29, 1.82) is 0 Å². The standard InChI is InChI=1S/C13H26N/c1-11-7-6-10-14(8-4-5-9-14)13(3)12(11)2/h11-13H,4-10H2,1-3H3/q+1. The summed E-state index contributed by atoms with van der Waals surface area (Å²) in [5.74, 6) is 1.87. The van der Waals surface area contributed by atoms with Gasteiger partial charge in [0.15, 0.2) is 0 Å². The molecule has 1 spiro atoms. The first kappa shape index (κ1) is 10.5. The Morgan fingerprint density at radius 1 is 0.857 bits per heavy atom. The van der Waals surface area contributed by atoms with Crippen molar-refractivity contribution in [3.05, 3.63) is 0 Å². The Hall–Kier alpha value is -0.0400. The number of hydrogen-bond acceptors (Lipinski definition) is 0. The molecule has 2 aliphatic rings. The lowest BCUT2D eigenvalue weighted by molar-refractivity contribution is -0.941. The Morgan fingerprint density at radius 2 is 1.43 bits per heavy atom. The molecule has 2 saturated heterocycles. The van der Waals surface area contributed by atoms with E-state index in [0.717, 1.165) is 17.9 Å². The molecule has 1 heteroatoms. The highest BCUT2D eigenvalue weighted by molar-refractivity contribution is 4.75. The lowest BCUT2D eigenvalue weighted by atomic mass is 9.87. The van der Waals surface area contributed by atoms with Crippen LogP contribution in [-0.4, -0.2) is 30.2 Å². The van der Waals surface area contributed by atoms with E-state index in [9.17, 15) is 0 Å². The normalized spacial score (nSPS) is 42.6. The van der Waals surface area contributed by atoms with Crippen molar-refractivity contribution in [3.63, 3.8) is 0 Å². The maximum Gasteiger partial charge on any atom is 0.0890 e. The predicted molar refractivity (Wildman–Crippen MR) is 61.1 cm³/mol. The van der Waals surface area contributed by atoms with E-state index in [1.54, 1.807) is 0 Å². The van der Waals surface area contributed by atoms with Crippen LogP contribution in [0.2, 0.25) is 0 Å². The molecule has 0 aromatic heterocycles. The molecule has 0 aliphatic carbocycles. The largest absolute Gasteiger partial charge is 0.321 e. The van der Waals surface area contributed by atoms with Gasteiger partial charge >= 0.3 is 0 Å². The van der Waals surface area contributed by atoms with Crippen LogP contribution < -0.4 is 0 Å². The second kappa shape index (κ2) is 3.84. The van der Waals surface area contributed by atoms with Crippen molar-refractivity contribution < 1.29 is 4.48 Å². The molecule has 2 heterocycles. The van der Waals surface area contributed by atoms with E-state index in [4.69, 9.17) is 0 Å². The molecular formula is C13H26N+. The summed E-state index contributed by atoms with van der Waals surface area (Å²) in [4.78, 5) is 0. The van der Waals surface area contributed by atoms with Crippen LogP contribution in [0.25, 0.3) is 0 Å². The van der Waals surface area contributed by atoms with Gasteiger partial charge in [-0.25, -0.2) is 0 Å². The van der Waals surface area contributed by atoms with Gasteiger partial charge in [-0.05, 0) is 25.7 Å². The van der Waals surface area contributed by atoms with Crippen LogP contribution in [0, 0.1) is 11.8 Å². The molecular weight excluding hydrogens is 170 g/mol. The summed E-state index contributed by atoms with van der Waals surface area (Å²) in [6.07, 6.45) is 5.89. The van der Waals surface area contributed by atoms with Crippen LogP contribution in [0.4, 0.5) is 0 Å². The molecule has 0 N–H and O–H groups in total. The van der Waals surface area contributed by atoms with Gasteiger partial charge in [0.25, 0.3) is 0 Å². The minimum Gasteiger partial charge on any atom is -0.321 e. The Bertz CT molecular complexity index is 193. The second-order valence-electron chi connectivity index (χ2n) is 5.82. The third-order valence-electron chi connectivity index (χ3n) is 5.24. The van der Waals surface area contributed by atoms with Crippen LogP contribution >= 0.6 is 0 Å². The van der Waals surface area contributed by atoms with Gasteiger partial charge in [-0.1, -0.05) is 13.8 Å². The number of nitrogens with zero attached hydrogens (tertiary/aromatic N) is 1. The van der Waals surface area contributed by atoms with Crippen LogP contribution in [0.15, 0.2) is 0 Å². The fraction of sp³-hybridized carbons (Fsp3) is 1.00. The summed E-state index contributed by atoms with van der Waals surface area (Å²) in [6.45, 7) is 11.9. The number of rotatable bonds is 0. The van der Waals surface area contributed by atoms with Gasteiger partial charge < -0.3 is 4.48 Å². The quantitative estimate of drug-likeness (QED) is 0.522. The zero-order valence-electron chi connectivity index (χ0n) is 10.1. The van der Waals surface area contributed by atoms with Crippen molar-refractivity contribution in [3.8, 4) is 0 Å². The first-order chi connectivity index (χ1) is 6.66. The number of hydrogen-bond donors (Lipinski definition) is 0. The SMILES string of the molecule is CC1CCC[N+]2(CCCC2)C(C)C1C. The third kappa shape index (κ3) is 1.60. The smallest absolute Gasteiger partial charge is 0.0890 e. The molecule has 0 radical (unpaired) electrons. The third-order valence-corrected chi connectivity index (χ3v) is 5.24. The zero-order valence-corrected chi connectivity index (χ0v) is 10.1. The van der Waals surface area contributed by atoms with Crippen molar-refractivity contribution in [1.82, 2.24) is 0 Å². The van der Waals surface area contributed by atoms with E-state index < -0.39 is 0 Å². The van der Waals surface area contributed by atoms with Gasteiger partial charge in [-0.3, -0.25) is 0 Å². The van der Waals surface area contributed by atoms with Gasteiger partial charge in [-0.2, -0.15) is 0 Å². The maximum atomic E-state index is 2.51. The van der Waals surface area contributed by atoms with Crippen LogP contribution in [0.5, 0.6) is 0 Å². The van der Waals surface area contributed by atoms with E-state index in [0.29, 0.717) is 0 Å². The van der Waals surface area contributed by atoms with Gasteiger partial charge in [0.05, 0.1) is 25.7 Å². The van der Waals surface area contributed by atoms with Crippen molar-refractivity contribution in [2.24, 2.45) is 11.8 Å². The lowest BCUT2D eigenvalue weighted by Gasteiger charge is -2.41. The van der Waals surface area contributed by atoms with E-state index in [1.807, 2.05) is 0 Å². The highest BCUT2D eigenvalue weighted by atomic mass is 15.4. The molecule has 0 aromatic carbocycles. The molecule has 2 fully saturated rings. The van der Waals surface area contributed by atoms with Crippen molar-refractivity contribution >= 4 is 0 Å². The molecule has 0 bridgehead atoms. The summed E-state index contributed by atoms with van der Waals surface area (Å²) in [7, 11) is 0. The Balaban J connectivity index is 2.16. The van der Waals surface area contributed by atoms with Crippen LogP contribution in [0.1, 0.15) is 46.5 Å². The molecule has 0 saturated carbocycles. The lowest BCUT2D eigenvalue weighted by Crippen LogP contribution is -2.54. The molecule has 2 rings (SSSR count). The first-order valence-electron chi connectivity index (χ1n) is 6.51. The minimum atomic E-state index is 0.912. The summed E-state index contributed by atoms with van der Waals surface area (Å²) in [5.41, 5.74) is 0. The van der Waals surface area contributed by atoms with Crippen molar-refractivity contribution in [2.45, 2.75) is 52.5 Å². The highest BCUT2D eigenvalue weighted by Gasteiger charge is 2.42. The van der Waals surface area contributed by atoms with E-state index in [2.05, 4.69) is 20.8 Å². The number of quaternary nitrogens is 1. The van der Waals surface area contributed by atoms with E-state index in [1.165, 1.54) is 49.8 Å². The molecule has 2 aliphatic heterocycles. The summed E-state index contributed by atoms with van der Waals surface area (Å²) < 4.78 is 1.46. The van der Waals surface area contributed by atoms with Gasteiger partial charge in [0.2, 0.25) is 0 Å². The molecule has 1 nitrogen and oxygen atoms in total. The Morgan fingerprint density at radius 3 is 2.07 bits per heavy atom. The summed E-state index contributed by atoms with van der Waals surface area (Å²) in [6, 6.07) is 0.912. The first-order valence-corrected chi connectivity index (χ1v) is 6.51. The fourth-order valence-corrected chi connectivity index (χ4v) is 3.77. The molecule has 0 amide bonds. The fourth-order valence-electron chi connectivity index (χ4n) is 3.77. The van der Waals surface area contributed by atoms with Gasteiger partial charge in [0, 0.05) is 18.8 Å². The van der Waals surface area contributed by atoms with E-state index in [-0.39, 0.29) is 0 Å². The average molecular weight is 196 g/mol. The second-order valence-corrected chi connectivity index (χ2v) is 5.82. The van der Waals surface area contributed by atoms with Crippen LogP contribution in [-0.2, 0) is 0 Å². The van der Waals surface area contributed by atoms with Gasteiger partial charge in [0.1, 0.15) is 0 Å².